The van der Waals surface area contributed by atoms with Gasteiger partial charge >= 0.3 is 0 Å². The summed E-state index contributed by atoms with van der Waals surface area (Å²) in [6.07, 6.45) is 3.60. The molecule has 1 N–H and O–H groups in total. The molecule has 0 radical (unpaired) electrons. The van der Waals surface area contributed by atoms with Gasteiger partial charge < -0.3 is 5.32 Å². The number of nitrogens with zero attached hydrogens (tertiary/aromatic N) is 2. The van der Waals surface area contributed by atoms with Crippen LogP contribution in [0.1, 0.15) is 12.8 Å². The van der Waals surface area contributed by atoms with Gasteiger partial charge in [-0.2, -0.15) is 0 Å². The summed E-state index contributed by atoms with van der Waals surface area (Å²) in [6, 6.07) is 3.76. The van der Waals surface area contributed by atoms with Gasteiger partial charge in [0.25, 0.3) is 0 Å². The van der Waals surface area contributed by atoms with Crippen molar-refractivity contribution in [3.63, 3.8) is 0 Å². The second kappa shape index (κ2) is 6.41. The Morgan fingerprint density at radius 3 is 2.78 bits per heavy atom. The zero-order valence-corrected chi connectivity index (χ0v) is 11.8. The third-order valence-electron chi connectivity index (χ3n) is 3.01. The Kier molecular flexibility index (Phi) is 4.86. The van der Waals surface area contributed by atoms with Crippen molar-refractivity contribution >= 4 is 29.5 Å². The van der Waals surface area contributed by atoms with Crippen LogP contribution < -0.4 is 5.32 Å². The fraction of sp³-hybridized carbons (Fsp3) is 0.500. The molecule has 0 spiro atoms. The largest absolute Gasteiger partial charge is 0.359 e. The van der Waals surface area contributed by atoms with Gasteiger partial charge in [-0.1, -0.05) is 11.6 Å². The Bertz CT molecular complexity index is 404. The van der Waals surface area contributed by atoms with Crippen LogP contribution in [-0.4, -0.2) is 35.3 Å². The predicted octanol–water partition coefficient (Wildman–Crippen LogP) is 2.20. The van der Waals surface area contributed by atoms with E-state index in [-0.39, 0.29) is 11.8 Å². The van der Waals surface area contributed by atoms with Crippen molar-refractivity contribution in [2.45, 2.75) is 17.7 Å². The summed E-state index contributed by atoms with van der Waals surface area (Å²) in [4.78, 5) is 16.6. The van der Waals surface area contributed by atoms with Gasteiger partial charge in [0.2, 0.25) is 5.91 Å². The molecule has 0 saturated carbocycles. The molecule has 1 aliphatic heterocycles. The van der Waals surface area contributed by atoms with E-state index in [4.69, 9.17) is 11.6 Å². The Morgan fingerprint density at radius 1 is 1.50 bits per heavy atom. The van der Waals surface area contributed by atoms with Gasteiger partial charge in [0.05, 0.1) is 0 Å². The lowest BCUT2D eigenvalue weighted by atomic mass is 9.97. The average Bonchev–Trinajstić information content (AvgIpc) is 2.41. The van der Waals surface area contributed by atoms with Crippen LogP contribution in [-0.2, 0) is 4.79 Å². The van der Waals surface area contributed by atoms with E-state index in [0.29, 0.717) is 5.15 Å². The van der Waals surface area contributed by atoms with E-state index in [2.05, 4.69) is 14.6 Å². The molecule has 98 valence electrons. The third kappa shape index (κ3) is 3.60. The lowest BCUT2D eigenvalue weighted by molar-refractivity contribution is -0.125. The van der Waals surface area contributed by atoms with Crippen LogP contribution in [0.15, 0.2) is 23.2 Å². The standard InChI is InChI=1S/C12H16ClN3OS/c1-14-12(17)9-4-6-16(7-5-9)18-10-2-3-11(13)15-8-10/h2-3,8-9H,4-7H2,1H3,(H,14,17). The van der Waals surface area contributed by atoms with E-state index in [0.717, 1.165) is 30.8 Å². The van der Waals surface area contributed by atoms with E-state index < -0.39 is 0 Å². The molecule has 18 heavy (non-hydrogen) atoms. The number of pyridine rings is 1. The van der Waals surface area contributed by atoms with E-state index in [1.165, 1.54) is 0 Å². The van der Waals surface area contributed by atoms with Crippen molar-refractivity contribution in [1.82, 2.24) is 14.6 Å². The van der Waals surface area contributed by atoms with Gasteiger partial charge in [-0.05, 0) is 36.9 Å². The van der Waals surface area contributed by atoms with Crippen LogP contribution in [0.5, 0.6) is 0 Å². The van der Waals surface area contributed by atoms with Crippen LogP contribution in [0.2, 0.25) is 5.15 Å². The molecule has 1 saturated heterocycles. The molecule has 0 aromatic carbocycles. The molecule has 1 aromatic heterocycles. The molecule has 0 atom stereocenters. The van der Waals surface area contributed by atoms with Gasteiger partial charge in [0, 0.05) is 37.1 Å². The maximum atomic E-state index is 11.5. The first-order valence-electron chi connectivity index (χ1n) is 5.95. The van der Waals surface area contributed by atoms with Crippen molar-refractivity contribution in [3.05, 3.63) is 23.5 Å². The van der Waals surface area contributed by atoms with Gasteiger partial charge in [-0.3, -0.25) is 4.79 Å². The molecule has 0 aliphatic carbocycles. The Balaban J connectivity index is 1.83. The summed E-state index contributed by atoms with van der Waals surface area (Å²) in [5, 5.41) is 3.23. The van der Waals surface area contributed by atoms with Crippen molar-refractivity contribution in [3.8, 4) is 0 Å². The quantitative estimate of drug-likeness (QED) is 0.683. The molecule has 2 heterocycles. The van der Waals surface area contributed by atoms with Crippen molar-refractivity contribution in [2.24, 2.45) is 5.92 Å². The highest BCUT2D eigenvalue weighted by atomic mass is 35.5. The minimum atomic E-state index is 0.160. The molecular weight excluding hydrogens is 270 g/mol. The topological polar surface area (TPSA) is 45.2 Å². The van der Waals surface area contributed by atoms with Crippen LogP contribution in [0, 0.1) is 5.92 Å². The van der Waals surface area contributed by atoms with Crippen molar-refractivity contribution < 1.29 is 4.79 Å². The number of piperidine rings is 1. The van der Waals surface area contributed by atoms with Crippen LogP contribution >= 0.6 is 23.5 Å². The normalized spacial score (nSPS) is 17.7. The highest BCUT2D eigenvalue weighted by Gasteiger charge is 2.24. The predicted molar refractivity (Wildman–Crippen MR) is 73.5 cm³/mol. The molecule has 6 heteroatoms. The van der Waals surface area contributed by atoms with E-state index in [1.807, 2.05) is 6.07 Å². The summed E-state index contributed by atoms with van der Waals surface area (Å²) in [5.41, 5.74) is 0. The van der Waals surface area contributed by atoms with Crippen LogP contribution in [0.4, 0.5) is 0 Å². The highest BCUT2D eigenvalue weighted by Crippen LogP contribution is 2.28. The first-order chi connectivity index (χ1) is 8.69. The SMILES string of the molecule is CNC(=O)C1CCN(Sc2ccc(Cl)nc2)CC1. The average molecular weight is 286 g/mol. The summed E-state index contributed by atoms with van der Waals surface area (Å²) >= 11 is 7.42. The number of hydrogen-bond donors (Lipinski definition) is 1. The van der Waals surface area contributed by atoms with Crippen molar-refractivity contribution in [2.75, 3.05) is 20.1 Å². The van der Waals surface area contributed by atoms with E-state index in [9.17, 15) is 4.79 Å². The Hall–Kier alpha value is -0.780. The highest BCUT2D eigenvalue weighted by molar-refractivity contribution is 7.97. The molecular formula is C12H16ClN3OS. The molecule has 1 aromatic rings. The number of hydrogen-bond acceptors (Lipinski definition) is 4. The minimum Gasteiger partial charge on any atom is -0.359 e. The molecule has 1 amide bonds. The van der Waals surface area contributed by atoms with Crippen LogP contribution in [0.25, 0.3) is 0 Å². The maximum Gasteiger partial charge on any atom is 0.222 e. The fourth-order valence-electron chi connectivity index (χ4n) is 1.98. The first kappa shape index (κ1) is 13.6. The second-order valence-corrected chi connectivity index (χ2v) is 5.78. The summed E-state index contributed by atoms with van der Waals surface area (Å²) in [6.45, 7) is 1.84. The first-order valence-corrected chi connectivity index (χ1v) is 7.10. The number of nitrogens with one attached hydrogen (secondary N) is 1. The Labute approximate surface area is 116 Å². The smallest absolute Gasteiger partial charge is 0.222 e. The second-order valence-electron chi connectivity index (χ2n) is 4.23. The van der Waals surface area contributed by atoms with Gasteiger partial charge in [0.1, 0.15) is 5.15 Å². The number of rotatable bonds is 3. The molecule has 1 fully saturated rings. The maximum absolute atomic E-state index is 11.5. The third-order valence-corrected chi connectivity index (χ3v) is 4.31. The van der Waals surface area contributed by atoms with Gasteiger partial charge in [0.15, 0.2) is 0 Å². The minimum absolute atomic E-state index is 0.160. The molecule has 4 nitrogen and oxygen atoms in total. The monoisotopic (exact) mass is 285 g/mol. The Morgan fingerprint density at radius 2 is 2.22 bits per heavy atom. The zero-order chi connectivity index (χ0) is 13.0. The van der Waals surface area contributed by atoms with Crippen molar-refractivity contribution in [1.29, 1.82) is 0 Å². The summed E-state index contributed by atoms with van der Waals surface area (Å²) in [7, 11) is 1.70. The molecule has 2 rings (SSSR count). The van der Waals surface area contributed by atoms with Crippen LogP contribution in [0.3, 0.4) is 0 Å². The lowest BCUT2D eigenvalue weighted by Gasteiger charge is -2.29. The molecule has 0 bridgehead atoms. The number of aromatic nitrogens is 1. The van der Waals surface area contributed by atoms with Gasteiger partial charge in [-0.25, -0.2) is 9.29 Å². The number of carbonyl (C=O) groups excluding carboxylic acids is 1. The summed E-state index contributed by atoms with van der Waals surface area (Å²) < 4.78 is 2.27. The zero-order valence-electron chi connectivity index (χ0n) is 10.2. The number of carbonyl (C=O) groups is 1. The summed E-state index contributed by atoms with van der Waals surface area (Å²) in [5.74, 6) is 0.322. The van der Waals surface area contributed by atoms with Gasteiger partial charge in [-0.15, -0.1) is 0 Å². The number of amides is 1. The molecule has 0 unspecified atom stereocenters. The van der Waals surface area contributed by atoms with E-state index >= 15 is 0 Å². The van der Waals surface area contributed by atoms with E-state index in [1.54, 1.807) is 31.3 Å². The lowest BCUT2D eigenvalue weighted by Crippen LogP contribution is -2.36. The number of halogens is 1. The fourth-order valence-corrected chi connectivity index (χ4v) is 3.01. The molecule has 1 aliphatic rings.